The summed E-state index contributed by atoms with van der Waals surface area (Å²) in [4.78, 5) is 12.0. The molecule has 0 spiro atoms. The Morgan fingerprint density at radius 2 is 1.86 bits per heavy atom. The molecule has 2 aromatic carbocycles. The second kappa shape index (κ2) is 6.88. The van der Waals surface area contributed by atoms with Crippen LogP contribution in [-0.2, 0) is 17.8 Å². The second-order valence-corrected chi connectivity index (χ2v) is 4.82. The zero-order valence-electron chi connectivity index (χ0n) is 11.5. The number of hydrogen-bond donors (Lipinski definition) is 4. The van der Waals surface area contributed by atoms with Crippen molar-refractivity contribution in [1.29, 1.82) is 0 Å². The highest BCUT2D eigenvalue weighted by atomic mass is 16.3. The molecule has 0 fully saturated rings. The Hall–Kier alpha value is -2.37. The van der Waals surface area contributed by atoms with Crippen LogP contribution in [0.25, 0.3) is 0 Å². The molecular formula is C16H18N2O3. The van der Waals surface area contributed by atoms with Crippen molar-refractivity contribution >= 4 is 11.6 Å². The van der Waals surface area contributed by atoms with Gasteiger partial charge in [0.1, 0.15) is 5.75 Å². The molecule has 1 amide bonds. The number of nitrogens with one attached hydrogen (secondary N) is 1. The van der Waals surface area contributed by atoms with Gasteiger partial charge in [0.05, 0.1) is 12.6 Å². The van der Waals surface area contributed by atoms with Crippen LogP contribution in [-0.4, -0.2) is 22.2 Å². The fraction of sp³-hybridized carbons (Fsp3) is 0.188. The maximum Gasteiger partial charge on any atom is 0.241 e. The van der Waals surface area contributed by atoms with Gasteiger partial charge in [-0.3, -0.25) is 4.79 Å². The smallest absolute Gasteiger partial charge is 0.241 e. The van der Waals surface area contributed by atoms with Gasteiger partial charge in [-0.1, -0.05) is 24.3 Å². The van der Waals surface area contributed by atoms with Crippen LogP contribution in [0.3, 0.4) is 0 Å². The zero-order valence-corrected chi connectivity index (χ0v) is 11.5. The number of anilines is 1. The minimum atomic E-state index is -0.688. The Kier molecular flexibility index (Phi) is 4.92. The Balaban J connectivity index is 1.97. The summed E-state index contributed by atoms with van der Waals surface area (Å²) >= 11 is 0. The number of phenolic OH excluding ortho intramolecular Hbond substituents is 1. The molecule has 0 aliphatic heterocycles. The lowest BCUT2D eigenvalue weighted by molar-refractivity contribution is -0.117. The van der Waals surface area contributed by atoms with Crippen molar-refractivity contribution in [2.45, 2.75) is 19.1 Å². The first-order chi connectivity index (χ1) is 10.1. The summed E-state index contributed by atoms with van der Waals surface area (Å²) in [6.07, 6.45) is 0.381. The largest absolute Gasteiger partial charge is 0.508 e. The fourth-order valence-electron chi connectivity index (χ4n) is 1.96. The number of carbonyl (C=O) groups excluding carboxylic acids is 1. The molecule has 5 N–H and O–H groups in total. The number of carbonyl (C=O) groups is 1. The molecule has 0 aromatic heterocycles. The van der Waals surface area contributed by atoms with Crippen molar-refractivity contribution in [2.75, 3.05) is 5.32 Å². The van der Waals surface area contributed by atoms with Crippen molar-refractivity contribution < 1.29 is 15.0 Å². The van der Waals surface area contributed by atoms with E-state index in [1.54, 1.807) is 48.5 Å². The van der Waals surface area contributed by atoms with E-state index in [2.05, 4.69) is 5.32 Å². The van der Waals surface area contributed by atoms with E-state index in [9.17, 15) is 9.90 Å². The average Bonchev–Trinajstić information content (AvgIpc) is 2.49. The molecule has 0 saturated heterocycles. The van der Waals surface area contributed by atoms with Gasteiger partial charge in [0.2, 0.25) is 5.91 Å². The number of aliphatic hydroxyl groups is 1. The van der Waals surface area contributed by atoms with E-state index in [1.165, 1.54) is 0 Å². The third kappa shape index (κ3) is 4.30. The van der Waals surface area contributed by atoms with Gasteiger partial charge < -0.3 is 21.3 Å². The first kappa shape index (κ1) is 15.0. The molecule has 0 radical (unpaired) electrons. The first-order valence-corrected chi connectivity index (χ1v) is 6.62. The first-order valence-electron chi connectivity index (χ1n) is 6.62. The molecule has 0 aliphatic carbocycles. The van der Waals surface area contributed by atoms with Crippen molar-refractivity contribution in [3.05, 3.63) is 59.7 Å². The predicted molar refractivity (Wildman–Crippen MR) is 80.8 cm³/mol. The fourth-order valence-corrected chi connectivity index (χ4v) is 1.96. The summed E-state index contributed by atoms with van der Waals surface area (Å²) in [5, 5.41) is 21.0. The van der Waals surface area contributed by atoms with E-state index >= 15 is 0 Å². The van der Waals surface area contributed by atoms with Gasteiger partial charge >= 0.3 is 0 Å². The maximum atomic E-state index is 12.0. The highest BCUT2D eigenvalue weighted by Gasteiger charge is 2.14. The Labute approximate surface area is 123 Å². The summed E-state index contributed by atoms with van der Waals surface area (Å²) in [6, 6.07) is 12.9. The lowest BCUT2D eigenvalue weighted by Gasteiger charge is -2.13. The number of rotatable bonds is 5. The quantitative estimate of drug-likeness (QED) is 0.668. The van der Waals surface area contributed by atoms with Crippen LogP contribution in [0, 0.1) is 0 Å². The van der Waals surface area contributed by atoms with Gasteiger partial charge in [-0.15, -0.1) is 0 Å². The third-order valence-electron chi connectivity index (χ3n) is 3.11. The summed E-state index contributed by atoms with van der Waals surface area (Å²) < 4.78 is 0. The van der Waals surface area contributed by atoms with Gasteiger partial charge in [0.15, 0.2) is 0 Å². The predicted octanol–water partition coefficient (Wildman–Crippen LogP) is 1.39. The molecule has 5 heteroatoms. The van der Waals surface area contributed by atoms with E-state index in [4.69, 9.17) is 10.8 Å². The van der Waals surface area contributed by atoms with Crippen LogP contribution in [0.5, 0.6) is 5.75 Å². The molecule has 0 bridgehead atoms. The molecule has 0 saturated carbocycles. The third-order valence-corrected chi connectivity index (χ3v) is 3.11. The minimum Gasteiger partial charge on any atom is -0.508 e. The molecule has 5 nitrogen and oxygen atoms in total. The van der Waals surface area contributed by atoms with Crippen LogP contribution in [0.2, 0.25) is 0 Å². The Morgan fingerprint density at radius 1 is 1.14 bits per heavy atom. The molecule has 2 rings (SSSR count). The molecule has 0 unspecified atom stereocenters. The molecule has 0 heterocycles. The highest BCUT2D eigenvalue weighted by Crippen LogP contribution is 2.13. The molecule has 0 aliphatic rings. The van der Waals surface area contributed by atoms with Crippen LogP contribution in [0.4, 0.5) is 5.69 Å². The van der Waals surface area contributed by atoms with Gasteiger partial charge in [-0.25, -0.2) is 0 Å². The molecule has 21 heavy (non-hydrogen) atoms. The number of benzene rings is 2. The van der Waals surface area contributed by atoms with Crippen molar-refractivity contribution in [3.63, 3.8) is 0 Å². The topological polar surface area (TPSA) is 95.6 Å². The van der Waals surface area contributed by atoms with Crippen molar-refractivity contribution in [2.24, 2.45) is 5.73 Å². The number of nitrogens with two attached hydrogens (primary N) is 1. The molecular weight excluding hydrogens is 268 g/mol. The number of amides is 1. The normalized spacial score (nSPS) is 11.9. The molecule has 1 atom stereocenters. The molecule has 2 aromatic rings. The number of hydrogen-bond acceptors (Lipinski definition) is 4. The van der Waals surface area contributed by atoms with E-state index in [0.29, 0.717) is 12.1 Å². The van der Waals surface area contributed by atoms with Gasteiger partial charge in [-0.2, -0.15) is 0 Å². The van der Waals surface area contributed by atoms with Crippen molar-refractivity contribution in [1.82, 2.24) is 0 Å². The van der Waals surface area contributed by atoms with Gasteiger partial charge in [-0.05, 0) is 41.8 Å². The number of aromatic hydroxyl groups is 1. The lowest BCUT2D eigenvalue weighted by atomic mass is 10.1. The van der Waals surface area contributed by atoms with E-state index in [1.807, 2.05) is 0 Å². The van der Waals surface area contributed by atoms with Gasteiger partial charge in [0.25, 0.3) is 0 Å². The Bertz CT molecular complexity index is 611. The lowest BCUT2D eigenvalue weighted by Crippen LogP contribution is -2.37. The summed E-state index contributed by atoms with van der Waals surface area (Å²) in [7, 11) is 0. The number of aliphatic hydroxyl groups excluding tert-OH is 1. The summed E-state index contributed by atoms with van der Waals surface area (Å²) in [5.74, 6) is -0.115. The van der Waals surface area contributed by atoms with Crippen LogP contribution in [0.15, 0.2) is 48.5 Å². The van der Waals surface area contributed by atoms with E-state index in [0.717, 1.165) is 11.1 Å². The van der Waals surface area contributed by atoms with Crippen LogP contribution < -0.4 is 11.1 Å². The van der Waals surface area contributed by atoms with E-state index < -0.39 is 6.04 Å². The maximum absolute atomic E-state index is 12.0. The van der Waals surface area contributed by atoms with Crippen LogP contribution in [0.1, 0.15) is 11.1 Å². The average molecular weight is 286 g/mol. The zero-order chi connectivity index (χ0) is 15.2. The van der Waals surface area contributed by atoms with Gasteiger partial charge in [0, 0.05) is 5.69 Å². The number of phenols is 1. The monoisotopic (exact) mass is 286 g/mol. The van der Waals surface area contributed by atoms with Crippen LogP contribution >= 0.6 is 0 Å². The highest BCUT2D eigenvalue weighted by molar-refractivity contribution is 5.94. The summed E-state index contributed by atoms with van der Waals surface area (Å²) in [5.41, 5.74) is 8.08. The minimum absolute atomic E-state index is 0.0801. The van der Waals surface area contributed by atoms with Crippen molar-refractivity contribution in [3.8, 4) is 5.75 Å². The second-order valence-electron chi connectivity index (χ2n) is 4.82. The SMILES string of the molecule is N[C@H](Cc1ccc(O)cc1)C(=O)Nc1cccc(CO)c1. The summed E-state index contributed by atoms with van der Waals surface area (Å²) in [6.45, 7) is -0.0801. The Morgan fingerprint density at radius 3 is 2.52 bits per heavy atom. The van der Waals surface area contributed by atoms with E-state index in [-0.39, 0.29) is 18.3 Å². The standard InChI is InChI=1S/C16H18N2O3/c17-15(9-11-4-6-14(20)7-5-11)16(21)18-13-3-1-2-12(8-13)10-19/h1-8,15,19-20H,9-10,17H2,(H,18,21)/t15-/m1/s1. The molecule has 110 valence electrons.